The SMILES string of the molecule is CCC1CN(C)CCCN1CCc1ccccc1CN. The predicted octanol–water partition coefficient (Wildman–Crippen LogP) is 2.10. The average molecular weight is 275 g/mol. The highest BCUT2D eigenvalue weighted by Gasteiger charge is 2.21. The second kappa shape index (κ2) is 7.77. The molecular weight excluding hydrogens is 246 g/mol. The molecule has 1 aromatic carbocycles. The summed E-state index contributed by atoms with van der Waals surface area (Å²) in [6, 6.07) is 9.30. The second-order valence-corrected chi connectivity index (χ2v) is 5.94. The van der Waals surface area contributed by atoms with Gasteiger partial charge in [0.05, 0.1) is 0 Å². The minimum absolute atomic E-state index is 0.649. The van der Waals surface area contributed by atoms with Crippen LogP contribution in [0.25, 0.3) is 0 Å². The van der Waals surface area contributed by atoms with Crippen molar-refractivity contribution in [2.45, 2.75) is 38.8 Å². The molecule has 1 aliphatic heterocycles. The smallest absolute Gasteiger partial charge is 0.0220 e. The topological polar surface area (TPSA) is 32.5 Å². The fourth-order valence-corrected chi connectivity index (χ4v) is 3.24. The molecule has 0 spiro atoms. The molecule has 3 nitrogen and oxygen atoms in total. The maximum absolute atomic E-state index is 5.84. The lowest BCUT2D eigenvalue weighted by atomic mass is 10.0. The van der Waals surface area contributed by atoms with E-state index in [4.69, 9.17) is 5.73 Å². The first-order valence-corrected chi connectivity index (χ1v) is 7.94. The summed E-state index contributed by atoms with van der Waals surface area (Å²) in [5.74, 6) is 0. The molecule has 1 aromatic rings. The van der Waals surface area contributed by atoms with E-state index < -0.39 is 0 Å². The molecule has 1 aliphatic rings. The lowest BCUT2D eigenvalue weighted by Gasteiger charge is -2.30. The Morgan fingerprint density at radius 2 is 1.95 bits per heavy atom. The predicted molar refractivity (Wildman–Crippen MR) is 85.8 cm³/mol. The van der Waals surface area contributed by atoms with Crippen molar-refractivity contribution in [1.29, 1.82) is 0 Å². The van der Waals surface area contributed by atoms with Crippen LogP contribution in [0.2, 0.25) is 0 Å². The van der Waals surface area contributed by atoms with Crippen molar-refractivity contribution in [3.8, 4) is 0 Å². The Hall–Kier alpha value is -0.900. The summed E-state index contributed by atoms with van der Waals surface area (Å²) in [4.78, 5) is 5.15. The van der Waals surface area contributed by atoms with Gasteiger partial charge in [0.15, 0.2) is 0 Å². The zero-order valence-electron chi connectivity index (χ0n) is 13.0. The van der Waals surface area contributed by atoms with Gasteiger partial charge in [-0.25, -0.2) is 0 Å². The molecule has 0 amide bonds. The first-order chi connectivity index (χ1) is 9.74. The molecule has 112 valence electrons. The second-order valence-electron chi connectivity index (χ2n) is 5.94. The Morgan fingerprint density at radius 1 is 1.20 bits per heavy atom. The average Bonchev–Trinajstić information content (AvgIpc) is 2.66. The Bertz CT molecular complexity index is 405. The van der Waals surface area contributed by atoms with Crippen LogP contribution in [0.1, 0.15) is 30.9 Å². The van der Waals surface area contributed by atoms with Gasteiger partial charge in [-0.05, 0) is 50.5 Å². The summed E-state index contributed by atoms with van der Waals surface area (Å²) in [6.45, 7) is 7.78. The number of rotatable bonds is 5. The molecule has 1 unspecified atom stereocenters. The molecule has 2 rings (SSSR count). The molecule has 0 aliphatic carbocycles. The van der Waals surface area contributed by atoms with E-state index in [9.17, 15) is 0 Å². The van der Waals surface area contributed by atoms with Gasteiger partial charge in [-0.3, -0.25) is 4.90 Å². The fourth-order valence-electron chi connectivity index (χ4n) is 3.24. The molecular formula is C17H29N3. The largest absolute Gasteiger partial charge is 0.326 e. The van der Waals surface area contributed by atoms with E-state index in [0.29, 0.717) is 12.6 Å². The number of likely N-dealkylation sites (N-methyl/N-ethyl adjacent to an activating group) is 1. The lowest BCUT2D eigenvalue weighted by Crippen LogP contribution is -2.40. The Balaban J connectivity index is 1.97. The van der Waals surface area contributed by atoms with Gasteiger partial charge in [-0.1, -0.05) is 31.2 Å². The first-order valence-electron chi connectivity index (χ1n) is 7.94. The van der Waals surface area contributed by atoms with Gasteiger partial charge >= 0.3 is 0 Å². The monoisotopic (exact) mass is 275 g/mol. The van der Waals surface area contributed by atoms with E-state index >= 15 is 0 Å². The van der Waals surface area contributed by atoms with Crippen LogP contribution in [0.15, 0.2) is 24.3 Å². The highest BCUT2D eigenvalue weighted by Crippen LogP contribution is 2.15. The van der Waals surface area contributed by atoms with Gasteiger partial charge in [0.25, 0.3) is 0 Å². The highest BCUT2D eigenvalue weighted by atomic mass is 15.2. The molecule has 0 aromatic heterocycles. The third kappa shape index (κ3) is 4.05. The zero-order chi connectivity index (χ0) is 14.4. The van der Waals surface area contributed by atoms with Crippen molar-refractivity contribution >= 4 is 0 Å². The summed E-state index contributed by atoms with van der Waals surface area (Å²) < 4.78 is 0. The molecule has 1 heterocycles. The minimum atomic E-state index is 0.649. The third-order valence-corrected chi connectivity index (χ3v) is 4.50. The molecule has 1 saturated heterocycles. The molecule has 20 heavy (non-hydrogen) atoms. The molecule has 0 radical (unpaired) electrons. The first kappa shape index (κ1) is 15.5. The summed E-state index contributed by atoms with van der Waals surface area (Å²) in [5, 5.41) is 0. The van der Waals surface area contributed by atoms with E-state index in [0.717, 1.165) is 13.0 Å². The van der Waals surface area contributed by atoms with Crippen LogP contribution in [0.4, 0.5) is 0 Å². The zero-order valence-corrected chi connectivity index (χ0v) is 13.0. The van der Waals surface area contributed by atoms with Crippen LogP contribution < -0.4 is 5.73 Å². The van der Waals surface area contributed by atoms with Crippen LogP contribution in [-0.2, 0) is 13.0 Å². The van der Waals surface area contributed by atoms with Crippen molar-refractivity contribution in [3.63, 3.8) is 0 Å². The van der Waals surface area contributed by atoms with Crippen molar-refractivity contribution in [2.75, 3.05) is 33.2 Å². The van der Waals surface area contributed by atoms with Crippen molar-refractivity contribution in [2.24, 2.45) is 5.73 Å². The summed E-state index contributed by atoms with van der Waals surface area (Å²) in [5.41, 5.74) is 8.55. The van der Waals surface area contributed by atoms with Gasteiger partial charge in [0, 0.05) is 25.7 Å². The fraction of sp³-hybridized carbons (Fsp3) is 0.647. The summed E-state index contributed by atoms with van der Waals surface area (Å²) in [6.07, 6.45) is 3.64. The number of nitrogens with zero attached hydrogens (tertiary/aromatic N) is 2. The highest BCUT2D eigenvalue weighted by molar-refractivity contribution is 5.27. The number of hydrogen-bond acceptors (Lipinski definition) is 3. The molecule has 2 N–H and O–H groups in total. The minimum Gasteiger partial charge on any atom is -0.326 e. The van der Waals surface area contributed by atoms with Crippen molar-refractivity contribution in [1.82, 2.24) is 9.80 Å². The van der Waals surface area contributed by atoms with Crippen molar-refractivity contribution < 1.29 is 0 Å². The third-order valence-electron chi connectivity index (χ3n) is 4.50. The Kier molecular flexibility index (Phi) is 6.02. The van der Waals surface area contributed by atoms with Gasteiger partial charge in [0.2, 0.25) is 0 Å². The maximum atomic E-state index is 5.84. The maximum Gasteiger partial charge on any atom is 0.0220 e. The van der Waals surface area contributed by atoms with Crippen LogP contribution in [0.3, 0.4) is 0 Å². The van der Waals surface area contributed by atoms with Crippen LogP contribution >= 0.6 is 0 Å². The van der Waals surface area contributed by atoms with E-state index in [1.54, 1.807) is 0 Å². The molecule has 3 heteroatoms. The quantitative estimate of drug-likeness (QED) is 0.893. The Labute approximate surface area is 123 Å². The van der Waals surface area contributed by atoms with E-state index in [2.05, 4.69) is 48.0 Å². The number of nitrogens with two attached hydrogens (primary N) is 1. The van der Waals surface area contributed by atoms with E-state index in [1.165, 1.54) is 43.6 Å². The van der Waals surface area contributed by atoms with Crippen LogP contribution in [0, 0.1) is 0 Å². The Morgan fingerprint density at radius 3 is 2.65 bits per heavy atom. The van der Waals surface area contributed by atoms with Crippen molar-refractivity contribution in [3.05, 3.63) is 35.4 Å². The lowest BCUT2D eigenvalue weighted by molar-refractivity contribution is 0.185. The van der Waals surface area contributed by atoms with Gasteiger partial charge in [-0.2, -0.15) is 0 Å². The van der Waals surface area contributed by atoms with E-state index in [-0.39, 0.29) is 0 Å². The van der Waals surface area contributed by atoms with Gasteiger partial charge in [-0.15, -0.1) is 0 Å². The van der Waals surface area contributed by atoms with Crippen LogP contribution in [-0.4, -0.2) is 49.1 Å². The van der Waals surface area contributed by atoms with Crippen LogP contribution in [0.5, 0.6) is 0 Å². The standard InChI is InChI=1S/C17H29N3/c1-3-17-14-19(2)10-6-11-20(17)12-9-15-7-4-5-8-16(15)13-18/h4-5,7-8,17H,3,6,9-14,18H2,1-2H3. The number of benzene rings is 1. The van der Waals surface area contributed by atoms with Gasteiger partial charge in [0.1, 0.15) is 0 Å². The van der Waals surface area contributed by atoms with E-state index in [1.807, 2.05) is 0 Å². The summed E-state index contributed by atoms with van der Waals surface area (Å²) >= 11 is 0. The molecule has 0 saturated carbocycles. The molecule has 1 atom stereocenters. The number of hydrogen-bond donors (Lipinski definition) is 1. The van der Waals surface area contributed by atoms with Gasteiger partial charge < -0.3 is 10.6 Å². The summed E-state index contributed by atoms with van der Waals surface area (Å²) in [7, 11) is 2.25. The molecule has 0 bridgehead atoms. The normalized spacial score (nSPS) is 21.9. The molecule has 1 fully saturated rings.